The summed E-state index contributed by atoms with van der Waals surface area (Å²) >= 11 is 0. The monoisotopic (exact) mass is 336 g/mol. The van der Waals surface area contributed by atoms with Gasteiger partial charge in [-0.3, -0.25) is 9.59 Å². The molecule has 1 aromatic heterocycles. The maximum Gasteiger partial charge on any atom is 0.289 e. The van der Waals surface area contributed by atoms with Crippen LogP contribution in [-0.2, 0) is 4.79 Å². The van der Waals surface area contributed by atoms with Crippen molar-refractivity contribution in [1.29, 1.82) is 0 Å². The van der Waals surface area contributed by atoms with Crippen molar-refractivity contribution in [2.24, 2.45) is 0 Å². The molecular weight excluding hydrogens is 308 g/mol. The third-order valence-corrected chi connectivity index (χ3v) is 4.13. The molecule has 2 rings (SSSR count). The number of rotatable bonds is 8. The van der Waals surface area contributed by atoms with Gasteiger partial charge in [-0.1, -0.05) is 0 Å². The van der Waals surface area contributed by atoms with Gasteiger partial charge in [-0.15, -0.1) is 0 Å². The molecule has 7 heteroatoms. The van der Waals surface area contributed by atoms with Gasteiger partial charge >= 0.3 is 0 Å². The Kier molecular flexibility index (Phi) is 7.27. The summed E-state index contributed by atoms with van der Waals surface area (Å²) in [4.78, 5) is 30.1. The summed E-state index contributed by atoms with van der Waals surface area (Å²) in [6, 6.07) is 3.38. The highest BCUT2D eigenvalue weighted by Gasteiger charge is 2.25. The summed E-state index contributed by atoms with van der Waals surface area (Å²) < 4.78 is 5.14. The van der Waals surface area contributed by atoms with Gasteiger partial charge in [0.15, 0.2) is 5.76 Å². The lowest BCUT2D eigenvalue weighted by Crippen LogP contribution is -2.50. The third kappa shape index (κ3) is 5.65. The fourth-order valence-corrected chi connectivity index (χ4v) is 2.71. The molecule has 24 heavy (non-hydrogen) atoms. The highest BCUT2D eigenvalue weighted by Crippen LogP contribution is 2.10. The van der Waals surface area contributed by atoms with Gasteiger partial charge in [-0.25, -0.2) is 0 Å². The van der Waals surface area contributed by atoms with E-state index in [0.717, 1.165) is 19.5 Å². The maximum atomic E-state index is 12.2. The summed E-state index contributed by atoms with van der Waals surface area (Å²) in [6.07, 6.45) is 3.08. The molecule has 0 aromatic carbocycles. The Bertz CT molecular complexity index is 508. The molecule has 0 bridgehead atoms. The first-order chi connectivity index (χ1) is 11.6. The van der Waals surface area contributed by atoms with Crippen molar-refractivity contribution in [1.82, 2.24) is 20.0 Å². The Morgan fingerprint density at radius 1 is 1.17 bits per heavy atom. The normalized spacial score (nSPS) is 15.1. The summed E-state index contributed by atoms with van der Waals surface area (Å²) in [7, 11) is 4.11. The number of nitrogens with one attached hydrogen (secondary N) is 1. The number of hydrogen-bond acceptors (Lipinski definition) is 5. The molecule has 134 valence electrons. The first-order valence-corrected chi connectivity index (χ1v) is 8.54. The number of furan rings is 1. The molecule has 0 spiro atoms. The number of carbonyl (C=O) groups is 2. The van der Waals surface area contributed by atoms with E-state index in [0.29, 0.717) is 44.9 Å². The van der Waals surface area contributed by atoms with Gasteiger partial charge < -0.3 is 24.4 Å². The van der Waals surface area contributed by atoms with Crippen LogP contribution in [-0.4, -0.2) is 86.4 Å². The van der Waals surface area contributed by atoms with Crippen LogP contribution in [0, 0.1) is 0 Å². The molecule has 0 atom stereocenters. The van der Waals surface area contributed by atoms with Crippen LogP contribution in [0.15, 0.2) is 22.8 Å². The molecule has 0 radical (unpaired) electrons. The van der Waals surface area contributed by atoms with Crippen LogP contribution in [0.2, 0.25) is 0 Å². The van der Waals surface area contributed by atoms with E-state index in [1.807, 2.05) is 4.90 Å². The average Bonchev–Trinajstić information content (AvgIpc) is 3.11. The Balaban J connectivity index is 1.61. The molecule has 2 amide bonds. The molecule has 1 fully saturated rings. The topological polar surface area (TPSA) is 69.0 Å². The minimum Gasteiger partial charge on any atom is -0.459 e. The van der Waals surface area contributed by atoms with Crippen molar-refractivity contribution in [2.45, 2.75) is 12.8 Å². The first kappa shape index (κ1) is 18.5. The second-order valence-corrected chi connectivity index (χ2v) is 6.31. The highest BCUT2D eigenvalue weighted by atomic mass is 16.3. The van der Waals surface area contributed by atoms with E-state index < -0.39 is 0 Å². The quantitative estimate of drug-likeness (QED) is 0.700. The van der Waals surface area contributed by atoms with Crippen LogP contribution in [0.5, 0.6) is 0 Å². The van der Waals surface area contributed by atoms with Crippen molar-refractivity contribution < 1.29 is 14.0 Å². The van der Waals surface area contributed by atoms with Gasteiger partial charge in [0.05, 0.1) is 6.26 Å². The standard InChI is InChI=1S/C17H28N4O3/c1-19(2)9-4-7-18-8-6-16(22)20-10-12-21(13-11-20)17(23)15-5-3-14-24-15/h3,5,14,18H,4,6-13H2,1-2H3. The predicted molar refractivity (Wildman–Crippen MR) is 91.8 cm³/mol. The first-order valence-electron chi connectivity index (χ1n) is 8.54. The van der Waals surface area contributed by atoms with E-state index >= 15 is 0 Å². The lowest BCUT2D eigenvalue weighted by Gasteiger charge is -2.34. The fourth-order valence-electron chi connectivity index (χ4n) is 2.71. The average molecular weight is 336 g/mol. The highest BCUT2D eigenvalue weighted by molar-refractivity contribution is 5.91. The van der Waals surface area contributed by atoms with E-state index in [9.17, 15) is 9.59 Å². The Morgan fingerprint density at radius 2 is 1.88 bits per heavy atom. The molecule has 1 aromatic rings. The van der Waals surface area contributed by atoms with Crippen molar-refractivity contribution in [3.8, 4) is 0 Å². The van der Waals surface area contributed by atoms with Gasteiger partial charge in [-0.05, 0) is 45.7 Å². The van der Waals surface area contributed by atoms with E-state index in [2.05, 4.69) is 24.3 Å². The molecule has 7 nitrogen and oxygen atoms in total. The van der Waals surface area contributed by atoms with E-state index in [1.54, 1.807) is 17.0 Å². The van der Waals surface area contributed by atoms with Crippen LogP contribution in [0.25, 0.3) is 0 Å². The summed E-state index contributed by atoms with van der Waals surface area (Å²) in [5.41, 5.74) is 0. The largest absolute Gasteiger partial charge is 0.459 e. The number of amides is 2. The van der Waals surface area contributed by atoms with Gasteiger partial charge in [0.1, 0.15) is 0 Å². The molecular formula is C17H28N4O3. The second kappa shape index (κ2) is 9.44. The Labute approximate surface area is 143 Å². The molecule has 2 heterocycles. The van der Waals surface area contributed by atoms with Crippen molar-refractivity contribution in [2.75, 3.05) is 59.9 Å². The molecule has 0 unspecified atom stereocenters. The molecule has 1 saturated heterocycles. The second-order valence-electron chi connectivity index (χ2n) is 6.31. The number of carbonyl (C=O) groups excluding carboxylic acids is 2. The molecule has 0 saturated carbocycles. The molecule has 1 aliphatic rings. The zero-order chi connectivity index (χ0) is 17.4. The lowest BCUT2D eigenvalue weighted by atomic mass is 10.2. The smallest absolute Gasteiger partial charge is 0.289 e. The van der Waals surface area contributed by atoms with Gasteiger partial charge in [-0.2, -0.15) is 0 Å². The zero-order valence-corrected chi connectivity index (χ0v) is 14.7. The van der Waals surface area contributed by atoms with Crippen molar-refractivity contribution in [3.05, 3.63) is 24.2 Å². The van der Waals surface area contributed by atoms with Crippen LogP contribution in [0.1, 0.15) is 23.4 Å². The molecule has 0 aliphatic carbocycles. The minimum absolute atomic E-state index is 0.102. The molecule has 1 N–H and O–H groups in total. The van der Waals surface area contributed by atoms with Gasteiger partial charge in [0.2, 0.25) is 5.91 Å². The number of piperazine rings is 1. The van der Waals surface area contributed by atoms with E-state index in [-0.39, 0.29) is 11.8 Å². The number of nitrogens with zero attached hydrogens (tertiary/aromatic N) is 3. The van der Waals surface area contributed by atoms with E-state index in [1.165, 1.54) is 6.26 Å². The summed E-state index contributed by atoms with van der Waals surface area (Å²) in [6.45, 7) is 4.97. The summed E-state index contributed by atoms with van der Waals surface area (Å²) in [5, 5.41) is 3.31. The number of hydrogen-bond donors (Lipinski definition) is 1. The summed E-state index contributed by atoms with van der Waals surface area (Å²) in [5.74, 6) is 0.409. The van der Waals surface area contributed by atoms with Crippen LogP contribution >= 0.6 is 0 Å². The van der Waals surface area contributed by atoms with Crippen LogP contribution in [0.4, 0.5) is 0 Å². The Hall–Kier alpha value is -1.86. The van der Waals surface area contributed by atoms with Crippen molar-refractivity contribution >= 4 is 11.8 Å². The SMILES string of the molecule is CN(C)CCCNCCC(=O)N1CCN(C(=O)c2ccco2)CC1. The van der Waals surface area contributed by atoms with Crippen LogP contribution < -0.4 is 5.32 Å². The van der Waals surface area contributed by atoms with Crippen molar-refractivity contribution in [3.63, 3.8) is 0 Å². The molecule has 1 aliphatic heterocycles. The zero-order valence-electron chi connectivity index (χ0n) is 14.7. The minimum atomic E-state index is -0.102. The lowest BCUT2D eigenvalue weighted by molar-refractivity contribution is -0.132. The van der Waals surface area contributed by atoms with Gasteiger partial charge in [0.25, 0.3) is 5.91 Å². The Morgan fingerprint density at radius 3 is 2.50 bits per heavy atom. The van der Waals surface area contributed by atoms with Gasteiger partial charge in [0, 0.05) is 39.1 Å². The maximum absolute atomic E-state index is 12.2. The third-order valence-electron chi connectivity index (χ3n) is 4.13. The predicted octanol–water partition coefficient (Wildman–Crippen LogP) is 0.495. The van der Waals surface area contributed by atoms with Crippen LogP contribution in [0.3, 0.4) is 0 Å². The fraction of sp³-hybridized carbons (Fsp3) is 0.647. The van der Waals surface area contributed by atoms with E-state index in [4.69, 9.17) is 4.42 Å².